The molecular formula is C9H6N2O4. The third-order valence-corrected chi connectivity index (χ3v) is 2.63. The molecule has 0 bridgehead atoms. The minimum Gasteiger partial charge on any atom is -0.282 e. The molecule has 0 aromatic heterocycles. The fraction of sp³-hybridized carbons (Fsp3) is 0.333. The highest BCUT2D eigenvalue weighted by atomic mass is 16.2. The summed E-state index contributed by atoms with van der Waals surface area (Å²) in [6.07, 6.45) is 4.93. The van der Waals surface area contributed by atoms with Gasteiger partial charge in [-0.1, -0.05) is 5.92 Å². The molecule has 4 amide bonds. The van der Waals surface area contributed by atoms with Gasteiger partial charge in [0.05, 0.1) is 6.54 Å². The largest absolute Gasteiger partial charge is 0.285 e. The number of imide groups is 2. The first-order chi connectivity index (χ1) is 6.99. The van der Waals surface area contributed by atoms with E-state index in [9.17, 15) is 19.2 Å². The van der Waals surface area contributed by atoms with E-state index in [0.717, 1.165) is 9.80 Å². The second kappa shape index (κ2) is 2.45. The highest BCUT2D eigenvalue weighted by Crippen LogP contribution is 2.43. The Balaban J connectivity index is 2.34. The van der Waals surface area contributed by atoms with Crippen LogP contribution in [0.15, 0.2) is 0 Å². The molecule has 2 fully saturated rings. The van der Waals surface area contributed by atoms with Crippen molar-refractivity contribution < 1.29 is 19.2 Å². The van der Waals surface area contributed by atoms with E-state index in [4.69, 9.17) is 6.42 Å². The maximum Gasteiger partial charge on any atom is 0.285 e. The summed E-state index contributed by atoms with van der Waals surface area (Å²) in [5.74, 6) is -1.04. The van der Waals surface area contributed by atoms with Crippen LogP contribution in [0.1, 0.15) is 0 Å². The van der Waals surface area contributed by atoms with Gasteiger partial charge in [0.25, 0.3) is 29.0 Å². The quantitative estimate of drug-likeness (QED) is 0.282. The Labute approximate surface area is 84.8 Å². The van der Waals surface area contributed by atoms with Crippen molar-refractivity contribution in [2.75, 3.05) is 13.6 Å². The van der Waals surface area contributed by atoms with Crippen molar-refractivity contribution in [3.8, 4) is 12.3 Å². The summed E-state index contributed by atoms with van der Waals surface area (Å²) in [7, 11) is 1.22. The number of amides is 4. The van der Waals surface area contributed by atoms with E-state index in [-0.39, 0.29) is 6.54 Å². The number of carbonyl (C=O) groups is 4. The standard InChI is InChI=1S/C9H6N2O4/c1-3-4-11-7(14)9(8(11)15)5(12)10(2)6(9)13/h1H,4H2,2H3. The Hall–Kier alpha value is -2.16. The Bertz CT molecular complexity index is 425. The van der Waals surface area contributed by atoms with Gasteiger partial charge in [0.2, 0.25) is 0 Å². The van der Waals surface area contributed by atoms with Crippen molar-refractivity contribution >= 4 is 23.6 Å². The van der Waals surface area contributed by atoms with Crippen LogP contribution in [-0.4, -0.2) is 47.0 Å². The number of nitrogens with zero attached hydrogens (tertiary/aromatic N) is 2. The minimum atomic E-state index is -2.08. The first-order valence-corrected chi connectivity index (χ1v) is 4.12. The molecule has 0 aliphatic carbocycles. The zero-order valence-electron chi connectivity index (χ0n) is 7.81. The monoisotopic (exact) mass is 206 g/mol. The summed E-state index contributed by atoms with van der Waals surface area (Å²) in [5, 5.41) is 0. The maximum absolute atomic E-state index is 11.5. The molecule has 0 N–H and O–H groups in total. The van der Waals surface area contributed by atoms with Crippen LogP contribution in [0.4, 0.5) is 0 Å². The van der Waals surface area contributed by atoms with E-state index in [1.165, 1.54) is 7.05 Å². The first-order valence-electron chi connectivity index (χ1n) is 4.12. The topological polar surface area (TPSA) is 74.8 Å². The van der Waals surface area contributed by atoms with Crippen LogP contribution in [0.3, 0.4) is 0 Å². The van der Waals surface area contributed by atoms with Crippen molar-refractivity contribution in [2.45, 2.75) is 0 Å². The highest BCUT2D eigenvalue weighted by Gasteiger charge is 2.79. The Morgan fingerprint density at radius 3 is 2.00 bits per heavy atom. The molecule has 0 unspecified atom stereocenters. The van der Waals surface area contributed by atoms with Gasteiger partial charge in [-0.15, -0.1) is 6.42 Å². The van der Waals surface area contributed by atoms with E-state index in [2.05, 4.69) is 5.92 Å². The molecule has 6 nitrogen and oxygen atoms in total. The van der Waals surface area contributed by atoms with Gasteiger partial charge in [0.1, 0.15) is 0 Å². The molecule has 6 heteroatoms. The number of terminal acetylenes is 1. The number of carbonyl (C=O) groups excluding carboxylic acids is 4. The second-order valence-electron chi connectivity index (χ2n) is 3.32. The molecule has 0 atom stereocenters. The number of hydrogen-bond donors (Lipinski definition) is 0. The highest BCUT2D eigenvalue weighted by molar-refractivity contribution is 6.52. The van der Waals surface area contributed by atoms with Crippen molar-refractivity contribution in [1.29, 1.82) is 0 Å². The number of β-lactam (4-membered cyclic amide) rings is 4. The maximum atomic E-state index is 11.5. The Kier molecular flexibility index (Phi) is 1.53. The second-order valence-corrected chi connectivity index (χ2v) is 3.32. The van der Waals surface area contributed by atoms with Gasteiger partial charge in [-0.25, -0.2) is 0 Å². The van der Waals surface area contributed by atoms with E-state index >= 15 is 0 Å². The van der Waals surface area contributed by atoms with Gasteiger partial charge in [-0.2, -0.15) is 0 Å². The van der Waals surface area contributed by atoms with Crippen molar-refractivity contribution in [2.24, 2.45) is 5.41 Å². The Morgan fingerprint density at radius 2 is 1.60 bits per heavy atom. The van der Waals surface area contributed by atoms with Gasteiger partial charge >= 0.3 is 0 Å². The lowest BCUT2D eigenvalue weighted by Gasteiger charge is -2.50. The van der Waals surface area contributed by atoms with Gasteiger partial charge in [-0.3, -0.25) is 29.0 Å². The van der Waals surface area contributed by atoms with Crippen LogP contribution in [0.25, 0.3) is 0 Å². The molecule has 2 rings (SSSR count). The summed E-state index contributed by atoms with van der Waals surface area (Å²) in [4.78, 5) is 47.1. The SMILES string of the molecule is C#CCN1C(=O)C2(C(=O)N(C)C2=O)C1=O. The van der Waals surface area contributed by atoms with E-state index in [0.29, 0.717) is 0 Å². The summed E-state index contributed by atoms with van der Waals surface area (Å²) < 4.78 is 0. The lowest BCUT2D eigenvalue weighted by Crippen LogP contribution is -2.83. The van der Waals surface area contributed by atoms with Crippen LogP contribution in [-0.2, 0) is 19.2 Å². The molecule has 15 heavy (non-hydrogen) atoms. The molecule has 0 aromatic rings. The molecule has 2 heterocycles. The zero-order chi connectivity index (χ0) is 11.4. The average molecular weight is 206 g/mol. The van der Waals surface area contributed by atoms with Crippen molar-refractivity contribution in [3.05, 3.63) is 0 Å². The predicted octanol–water partition coefficient (Wildman–Crippen LogP) is -2.03. The van der Waals surface area contributed by atoms with Crippen LogP contribution in [0.2, 0.25) is 0 Å². The molecule has 0 saturated carbocycles. The molecule has 1 spiro atoms. The van der Waals surface area contributed by atoms with Crippen LogP contribution >= 0.6 is 0 Å². The average Bonchev–Trinajstić information content (AvgIpc) is 2.25. The molecule has 2 aliphatic heterocycles. The summed E-state index contributed by atoms with van der Waals surface area (Å²) >= 11 is 0. The van der Waals surface area contributed by atoms with Crippen molar-refractivity contribution in [3.63, 3.8) is 0 Å². The fourth-order valence-corrected chi connectivity index (χ4v) is 1.77. The number of hydrogen-bond acceptors (Lipinski definition) is 4. The van der Waals surface area contributed by atoms with E-state index < -0.39 is 29.0 Å². The third kappa shape index (κ3) is 0.687. The first kappa shape index (κ1) is 9.40. The Morgan fingerprint density at radius 1 is 1.13 bits per heavy atom. The summed E-state index contributed by atoms with van der Waals surface area (Å²) in [6, 6.07) is 0. The predicted molar refractivity (Wildman–Crippen MR) is 45.8 cm³/mol. The fourth-order valence-electron chi connectivity index (χ4n) is 1.77. The van der Waals surface area contributed by atoms with Gasteiger partial charge in [-0.05, 0) is 0 Å². The lowest BCUT2D eigenvalue weighted by atomic mass is 9.69. The van der Waals surface area contributed by atoms with Crippen molar-refractivity contribution in [1.82, 2.24) is 9.80 Å². The summed E-state index contributed by atoms with van der Waals surface area (Å²) in [5.41, 5.74) is -2.08. The van der Waals surface area contributed by atoms with Gasteiger partial charge in [0.15, 0.2) is 0 Å². The molecule has 2 saturated heterocycles. The summed E-state index contributed by atoms with van der Waals surface area (Å²) in [6.45, 7) is -0.205. The molecule has 2 aliphatic rings. The van der Waals surface area contributed by atoms with Crippen LogP contribution in [0.5, 0.6) is 0 Å². The zero-order valence-corrected chi connectivity index (χ0v) is 7.81. The molecular weight excluding hydrogens is 200 g/mol. The lowest BCUT2D eigenvalue weighted by molar-refractivity contribution is -0.197. The normalized spacial score (nSPS) is 22.7. The smallest absolute Gasteiger partial charge is 0.282 e. The number of likely N-dealkylation sites (tertiary alicyclic amines) is 2. The van der Waals surface area contributed by atoms with Crippen LogP contribution < -0.4 is 0 Å². The van der Waals surface area contributed by atoms with E-state index in [1.807, 2.05) is 0 Å². The van der Waals surface area contributed by atoms with E-state index in [1.54, 1.807) is 0 Å². The molecule has 76 valence electrons. The third-order valence-electron chi connectivity index (χ3n) is 2.63. The molecule has 0 radical (unpaired) electrons. The van der Waals surface area contributed by atoms with Crippen LogP contribution in [0, 0.1) is 17.8 Å². The van der Waals surface area contributed by atoms with Gasteiger partial charge in [0, 0.05) is 7.05 Å². The van der Waals surface area contributed by atoms with Gasteiger partial charge < -0.3 is 0 Å². The minimum absolute atomic E-state index is 0.205. The number of rotatable bonds is 1. The molecule has 0 aromatic carbocycles.